The van der Waals surface area contributed by atoms with Crippen molar-refractivity contribution >= 4 is 0 Å². The molecule has 0 aliphatic heterocycles. The molecule has 0 fully saturated rings. The molecule has 0 aliphatic rings. The fraction of sp³-hybridized carbons (Fsp3) is 0.500. The third-order valence-electron chi connectivity index (χ3n) is 2.41. The van der Waals surface area contributed by atoms with E-state index in [1.165, 1.54) is 5.56 Å². The Hall–Kier alpha value is -0.860. The molecule has 1 N–H and O–H groups in total. The van der Waals surface area contributed by atoms with Gasteiger partial charge in [-0.25, -0.2) is 0 Å². The molecule has 0 saturated carbocycles. The highest BCUT2D eigenvalue weighted by molar-refractivity contribution is 5.17. The predicted octanol–water partition coefficient (Wildman–Crippen LogP) is 2.37. The summed E-state index contributed by atoms with van der Waals surface area (Å²) < 4.78 is 5.17. The van der Waals surface area contributed by atoms with Gasteiger partial charge >= 0.3 is 0 Å². The first-order valence-electron chi connectivity index (χ1n) is 5.05. The molecule has 1 rings (SSSR count). The lowest BCUT2D eigenvalue weighted by molar-refractivity contribution is 0.115. The average Bonchev–Trinajstić information content (AvgIpc) is 2.26. The summed E-state index contributed by atoms with van der Waals surface area (Å²) >= 11 is 0. The van der Waals surface area contributed by atoms with E-state index < -0.39 is 0 Å². The van der Waals surface area contributed by atoms with Gasteiger partial charge in [-0.1, -0.05) is 30.3 Å². The van der Waals surface area contributed by atoms with E-state index in [9.17, 15) is 0 Å². The van der Waals surface area contributed by atoms with Crippen LogP contribution in [-0.4, -0.2) is 19.8 Å². The van der Waals surface area contributed by atoms with Crippen molar-refractivity contribution in [3.63, 3.8) is 0 Å². The standard InChI is InChI=1S/C12H19NO/c1-10(14-3)9-13-11(2)12-7-5-4-6-8-12/h4-8,10-11,13H,9H2,1-3H3/t10?,11-/m1/s1. The van der Waals surface area contributed by atoms with E-state index in [1.54, 1.807) is 7.11 Å². The lowest BCUT2D eigenvalue weighted by atomic mass is 10.1. The molecule has 2 nitrogen and oxygen atoms in total. The summed E-state index contributed by atoms with van der Waals surface area (Å²) in [5, 5.41) is 3.42. The molecule has 0 amide bonds. The van der Waals surface area contributed by atoms with E-state index in [0.717, 1.165) is 6.54 Å². The third-order valence-corrected chi connectivity index (χ3v) is 2.41. The van der Waals surface area contributed by atoms with E-state index in [-0.39, 0.29) is 6.10 Å². The molecule has 1 unspecified atom stereocenters. The molecule has 2 heteroatoms. The van der Waals surface area contributed by atoms with Gasteiger partial charge in [0.15, 0.2) is 0 Å². The third kappa shape index (κ3) is 3.48. The maximum Gasteiger partial charge on any atom is 0.0667 e. The minimum Gasteiger partial charge on any atom is -0.380 e. The van der Waals surface area contributed by atoms with Gasteiger partial charge in [-0.3, -0.25) is 0 Å². The van der Waals surface area contributed by atoms with Gasteiger partial charge in [0.1, 0.15) is 0 Å². The summed E-state index contributed by atoms with van der Waals surface area (Å²) in [5.41, 5.74) is 1.32. The van der Waals surface area contributed by atoms with E-state index in [2.05, 4.69) is 43.4 Å². The lowest BCUT2D eigenvalue weighted by Gasteiger charge is -2.17. The number of rotatable bonds is 5. The van der Waals surface area contributed by atoms with Gasteiger partial charge in [0.25, 0.3) is 0 Å². The summed E-state index contributed by atoms with van der Waals surface area (Å²) in [6.45, 7) is 5.11. The van der Waals surface area contributed by atoms with Crippen LogP contribution in [0.3, 0.4) is 0 Å². The fourth-order valence-electron chi connectivity index (χ4n) is 1.29. The van der Waals surface area contributed by atoms with E-state index in [1.807, 2.05) is 6.07 Å². The molecule has 0 heterocycles. The molecule has 14 heavy (non-hydrogen) atoms. The molecule has 0 spiro atoms. The zero-order valence-corrected chi connectivity index (χ0v) is 9.16. The Morgan fingerprint density at radius 2 is 1.86 bits per heavy atom. The van der Waals surface area contributed by atoms with Gasteiger partial charge in [0.05, 0.1) is 6.10 Å². The van der Waals surface area contributed by atoms with Crippen molar-refractivity contribution in [3.8, 4) is 0 Å². The largest absolute Gasteiger partial charge is 0.380 e. The van der Waals surface area contributed by atoms with Crippen LogP contribution in [0.2, 0.25) is 0 Å². The van der Waals surface area contributed by atoms with Crippen molar-refractivity contribution in [2.45, 2.75) is 26.0 Å². The normalized spacial score (nSPS) is 15.1. The van der Waals surface area contributed by atoms with Crippen LogP contribution in [0.5, 0.6) is 0 Å². The average molecular weight is 193 g/mol. The molecule has 78 valence electrons. The molecule has 2 atom stereocenters. The van der Waals surface area contributed by atoms with Gasteiger partial charge in [-0.05, 0) is 19.4 Å². The van der Waals surface area contributed by atoms with Gasteiger partial charge in [0.2, 0.25) is 0 Å². The highest BCUT2D eigenvalue weighted by Gasteiger charge is 2.05. The second-order valence-electron chi connectivity index (χ2n) is 3.59. The molecule has 0 radical (unpaired) electrons. The van der Waals surface area contributed by atoms with Crippen molar-refractivity contribution in [1.82, 2.24) is 5.32 Å². The zero-order valence-electron chi connectivity index (χ0n) is 9.16. The molecule has 0 aromatic heterocycles. The molecular formula is C12H19NO. The van der Waals surface area contributed by atoms with Gasteiger partial charge in [-0.2, -0.15) is 0 Å². The van der Waals surface area contributed by atoms with E-state index >= 15 is 0 Å². The Kier molecular flexibility index (Phi) is 4.63. The Labute approximate surface area is 86.3 Å². The summed E-state index contributed by atoms with van der Waals surface area (Å²) in [6.07, 6.45) is 0.265. The Bertz CT molecular complexity index is 248. The van der Waals surface area contributed by atoms with Crippen LogP contribution in [0.25, 0.3) is 0 Å². The smallest absolute Gasteiger partial charge is 0.0667 e. The van der Waals surface area contributed by atoms with Crippen LogP contribution in [0, 0.1) is 0 Å². The zero-order chi connectivity index (χ0) is 10.4. The van der Waals surface area contributed by atoms with E-state index in [0.29, 0.717) is 6.04 Å². The summed E-state index contributed by atoms with van der Waals surface area (Å²) in [4.78, 5) is 0. The van der Waals surface area contributed by atoms with Crippen LogP contribution in [0.15, 0.2) is 30.3 Å². The highest BCUT2D eigenvalue weighted by Crippen LogP contribution is 2.10. The van der Waals surface area contributed by atoms with Gasteiger partial charge in [0, 0.05) is 19.7 Å². The number of benzene rings is 1. The van der Waals surface area contributed by atoms with Gasteiger partial charge < -0.3 is 10.1 Å². The molecular weight excluding hydrogens is 174 g/mol. The van der Waals surface area contributed by atoms with Crippen molar-refractivity contribution < 1.29 is 4.74 Å². The second-order valence-corrected chi connectivity index (χ2v) is 3.59. The number of nitrogens with one attached hydrogen (secondary N) is 1. The maximum atomic E-state index is 5.17. The van der Waals surface area contributed by atoms with Crippen LogP contribution >= 0.6 is 0 Å². The molecule has 0 saturated heterocycles. The summed E-state index contributed by atoms with van der Waals surface area (Å²) in [7, 11) is 1.74. The molecule has 1 aromatic rings. The van der Waals surface area contributed by atoms with Crippen LogP contribution in [-0.2, 0) is 4.74 Å². The minimum atomic E-state index is 0.265. The number of hydrogen-bond donors (Lipinski definition) is 1. The molecule has 0 aliphatic carbocycles. The molecule has 0 bridgehead atoms. The minimum absolute atomic E-state index is 0.265. The SMILES string of the molecule is COC(C)CN[C@H](C)c1ccccc1. The van der Waals surface area contributed by atoms with Crippen molar-refractivity contribution in [3.05, 3.63) is 35.9 Å². The topological polar surface area (TPSA) is 21.3 Å². The molecule has 1 aromatic carbocycles. The first kappa shape index (κ1) is 11.2. The Morgan fingerprint density at radius 1 is 1.21 bits per heavy atom. The van der Waals surface area contributed by atoms with Crippen molar-refractivity contribution in [1.29, 1.82) is 0 Å². The lowest BCUT2D eigenvalue weighted by Crippen LogP contribution is -2.28. The van der Waals surface area contributed by atoms with Crippen LogP contribution < -0.4 is 5.32 Å². The Balaban J connectivity index is 2.39. The highest BCUT2D eigenvalue weighted by atomic mass is 16.5. The Morgan fingerprint density at radius 3 is 2.43 bits per heavy atom. The van der Waals surface area contributed by atoms with E-state index in [4.69, 9.17) is 4.74 Å². The first-order chi connectivity index (χ1) is 6.74. The van der Waals surface area contributed by atoms with Crippen molar-refractivity contribution in [2.24, 2.45) is 0 Å². The monoisotopic (exact) mass is 193 g/mol. The summed E-state index contributed by atoms with van der Waals surface area (Å²) in [5.74, 6) is 0. The van der Waals surface area contributed by atoms with Crippen molar-refractivity contribution in [2.75, 3.05) is 13.7 Å². The fourth-order valence-corrected chi connectivity index (χ4v) is 1.29. The quantitative estimate of drug-likeness (QED) is 0.775. The number of methoxy groups -OCH3 is 1. The second kappa shape index (κ2) is 5.78. The summed E-state index contributed by atoms with van der Waals surface area (Å²) in [6, 6.07) is 10.8. The maximum absolute atomic E-state index is 5.17. The van der Waals surface area contributed by atoms with Gasteiger partial charge in [-0.15, -0.1) is 0 Å². The first-order valence-corrected chi connectivity index (χ1v) is 5.05. The van der Waals surface area contributed by atoms with Crippen LogP contribution in [0.1, 0.15) is 25.5 Å². The number of hydrogen-bond acceptors (Lipinski definition) is 2. The predicted molar refractivity (Wildman–Crippen MR) is 59.3 cm³/mol. The van der Waals surface area contributed by atoms with Crippen LogP contribution in [0.4, 0.5) is 0 Å². The number of ether oxygens (including phenoxy) is 1.